The van der Waals surface area contributed by atoms with Crippen LogP contribution in [0.4, 0.5) is 56.6 Å². The van der Waals surface area contributed by atoms with E-state index in [2.05, 4.69) is 12.5 Å². The minimum absolute atomic E-state index is 0.184. The van der Waals surface area contributed by atoms with Crippen LogP contribution in [0.1, 0.15) is 33.4 Å². The van der Waals surface area contributed by atoms with Gasteiger partial charge in [-0.2, -0.15) is 64.8 Å². The summed E-state index contributed by atoms with van der Waals surface area (Å²) in [5, 5.41) is 0. The molecule has 0 aliphatic carbocycles. The molecular formula is C45H39B3F9N3O9S3. The first-order valence-electron chi connectivity index (χ1n) is 21.2. The zero-order valence-corrected chi connectivity index (χ0v) is 40.9. The van der Waals surface area contributed by atoms with Crippen molar-refractivity contribution in [2.24, 2.45) is 0 Å². The lowest BCUT2D eigenvalue weighted by Gasteiger charge is -2.58. The van der Waals surface area contributed by atoms with Gasteiger partial charge < -0.3 is 26.7 Å². The van der Waals surface area contributed by atoms with Gasteiger partial charge in [0.1, 0.15) is 17.2 Å². The molecule has 0 radical (unpaired) electrons. The lowest BCUT2D eigenvalue weighted by molar-refractivity contribution is -0.0504. The number of aryl methyl sites for hydroxylation is 6. The normalized spacial score (nSPS) is 14.2. The first-order valence-corrected chi connectivity index (χ1v) is 25.4. The molecule has 378 valence electrons. The van der Waals surface area contributed by atoms with Gasteiger partial charge in [0, 0.05) is 17.1 Å². The number of anilines is 3. The molecule has 72 heavy (non-hydrogen) atoms. The molecule has 6 aromatic carbocycles. The van der Waals surface area contributed by atoms with Gasteiger partial charge in [0.2, 0.25) is 0 Å². The Hall–Kier alpha value is -6.47. The molecule has 0 aromatic heterocycles. The largest absolute Gasteiger partial charge is 0.534 e. The van der Waals surface area contributed by atoms with Crippen LogP contribution in [-0.2, 0) is 30.4 Å². The van der Waals surface area contributed by atoms with Gasteiger partial charge >= 0.3 is 67.8 Å². The fraction of sp³-hybridized carbons (Fsp3) is 0.200. The molecule has 7 rings (SSSR count). The zero-order chi connectivity index (χ0) is 53.1. The summed E-state index contributed by atoms with van der Waals surface area (Å²) in [6, 6.07) is 32.3. The minimum atomic E-state index is -6.17. The van der Waals surface area contributed by atoms with Crippen molar-refractivity contribution >= 4 is 84.8 Å². The molecule has 0 atom stereocenters. The van der Waals surface area contributed by atoms with Gasteiger partial charge in [0.15, 0.2) is 0 Å². The summed E-state index contributed by atoms with van der Waals surface area (Å²) in [6.45, 7) is 5.43. The van der Waals surface area contributed by atoms with Crippen molar-refractivity contribution in [2.45, 2.75) is 58.1 Å². The fourth-order valence-electron chi connectivity index (χ4n) is 8.98. The van der Waals surface area contributed by atoms with Crippen molar-refractivity contribution in [1.82, 2.24) is 0 Å². The van der Waals surface area contributed by atoms with Crippen LogP contribution in [0.5, 0.6) is 17.2 Å². The number of alkyl halides is 9. The number of hydrogen-bond donors (Lipinski definition) is 0. The van der Waals surface area contributed by atoms with Gasteiger partial charge in [-0.05, 0) is 164 Å². The predicted molar refractivity (Wildman–Crippen MR) is 257 cm³/mol. The second kappa shape index (κ2) is 19.2. The van der Waals surface area contributed by atoms with Gasteiger partial charge in [0.25, 0.3) is 0 Å². The highest BCUT2D eigenvalue weighted by atomic mass is 32.2. The van der Waals surface area contributed by atoms with Crippen LogP contribution in [0.3, 0.4) is 0 Å². The number of para-hydroxylation sites is 3. The van der Waals surface area contributed by atoms with Crippen LogP contribution in [-0.4, -0.2) is 62.7 Å². The average Bonchev–Trinajstić information content (AvgIpc) is 3.25. The molecule has 0 unspecified atom stereocenters. The lowest BCUT2D eigenvalue weighted by atomic mass is 9.35. The monoisotopic (exact) mass is 1070 g/mol. The van der Waals surface area contributed by atoms with Crippen molar-refractivity contribution in [3.63, 3.8) is 0 Å². The Labute approximate surface area is 410 Å². The van der Waals surface area contributed by atoms with E-state index in [1.165, 1.54) is 41.5 Å². The lowest BCUT2D eigenvalue weighted by Crippen LogP contribution is -2.87. The van der Waals surface area contributed by atoms with Gasteiger partial charge in [-0.3, -0.25) is 0 Å². The molecule has 1 aliphatic rings. The third kappa shape index (κ3) is 10.3. The summed E-state index contributed by atoms with van der Waals surface area (Å²) in [7, 11) is -18.5. The van der Waals surface area contributed by atoms with Crippen molar-refractivity contribution in [1.29, 1.82) is 0 Å². The Morgan fingerprint density at radius 3 is 0.694 bits per heavy atom. The molecule has 1 heterocycles. The topological polar surface area (TPSA) is 140 Å². The fourth-order valence-corrected chi connectivity index (χ4v) is 10.3. The number of rotatable bonds is 12. The van der Waals surface area contributed by atoms with E-state index in [-0.39, 0.29) is 33.4 Å². The molecule has 1 saturated heterocycles. The third-order valence-corrected chi connectivity index (χ3v) is 14.6. The van der Waals surface area contributed by atoms with Crippen LogP contribution in [0, 0.1) is 41.5 Å². The SMILES string of the molecule is Cc1cc(OS(=O)(=O)C(F)(F)F)cc(C)c1B1N(c2ccccc2)B(c2c(C)cc(OS(=O)(=O)C(F)(F)F)cc2C)N(c2ccccc2)B(c2c(C)cc(OS(=O)(=O)C(F)(F)F)cc2C)N1c1ccccc1. The van der Waals surface area contributed by atoms with Crippen molar-refractivity contribution < 1.29 is 77.3 Å². The minimum Gasteiger partial charge on any atom is -0.416 e. The van der Waals surface area contributed by atoms with Crippen LogP contribution in [0.15, 0.2) is 127 Å². The van der Waals surface area contributed by atoms with Crippen LogP contribution in [0.2, 0.25) is 0 Å². The van der Waals surface area contributed by atoms with Gasteiger partial charge in [0.05, 0.1) is 0 Å². The van der Waals surface area contributed by atoms with Crippen LogP contribution in [0.25, 0.3) is 0 Å². The Morgan fingerprint density at radius 2 is 0.528 bits per heavy atom. The molecule has 0 bridgehead atoms. The zero-order valence-electron chi connectivity index (χ0n) is 38.5. The first-order chi connectivity index (χ1) is 33.3. The smallest absolute Gasteiger partial charge is 0.416 e. The number of hydrogen-bond acceptors (Lipinski definition) is 12. The molecule has 1 fully saturated rings. The van der Waals surface area contributed by atoms with E-state index in [0.29, 0.717) is 33.5 Å². The van der Waals surface area contributed by atoms with Crippen LogP contribution < -0.4 is 43.1 Å². The average molecular weight is 1070 g/mol. The highest BCUT2D eigenvalue weighted by Crippen LogP contribution is 2.38. The Morgan fingerprint density at radius 1 is 0.347 bits per heavy atom. The molecule has 0 amide bonds. The van der Waals surface area contributed by atoms with Crippen molar-refractivity contribution in [3.05, 3.63) is 161 Å². The molecule has 0 spiro atoms. The van der Waals surface area contributed by atoms with E-state index in [1.807, 2.05) is 14.2 Å². The highest BCUT2D eigenvalue weighted by molar-refractivity contribution is 7.88. The van der Waals surface area contributed by atoms with Gasteiger partial charge in [-0.1, -0.05) is 54.6 Å². The highest BCUT2D eigenvalue weighted by Gasteiger charge is 2.58. The summed E-state index contributed by atoms with van der Waals surface area (Å²) in [5.41, 5.74) is -13.9. The Bertz CT molecular complexity index is 2930. The summed E-state index contributed by atoms with van der Waals surface area (Å²) in [6.07, 6.45) is 0. The van der Waals surface area contributed by atoms with Crippen molar-refractivity contribution in [2.75, 3.05) is 14.2 Å². The van der Waals surface area contributed by atoms with E-state index >= 15 is 0 Å². The number of nitrogens with zero attached hydrogens (tertiary/aromatic N) is 3. The van der Waals surface area contributed by atoms with E-state index in [9.17, 15) is 64.8 Å². The van der Waals surface area contributed by atoms with Crippen LogP contribution >= 0.6 is 0 Å². The standard InChI is InChI=1S/C45H39B3F9N3O9S3/c1-28-22-37(67-70(61,62)43(49,50)51)23-29(2)40(28)46-58(34-16-10-7-11-17-34)47(41-30(3)24-38(25-31(41)4)68-71(63,64)44(52,53)54)60(36-20-14-9-15-21-36)48(59(46)35-18-12-8-13-19-35)42-32(5)26-39(27-33(42)6)69-72(65,66)45(55,56)57/h7-27H,1-6H3. The maximum Gasteiger partial charge on any atom is 0.534 e. The summed E-state index contributed by atoms with van der Waals surface area (Å²) in [4.78, 5) is 0. The molecule has 0 N–H and O–H groups in total. The molecule has 27 heteroatoms. The van der Waals surface area contributed by atoms with Crippen molar-refractivity contribution in [3.8, 4) is 17.2 Å². The number of benzene rings is 6. The molecule has 1 aliphatic heterocycles. The van der Waals surface area contributed by atoms with E-state index in [0.717, 1.165) is 36.4 Å². The van der Waals surface area contributed by atoms with Gasteiger partial charge in [-0.15, -0.1) is 0 Å². The summed E-state index contributed by atoms with van der Waals surface area (Å²) in [5.74, 6) is -2.07. The van der Waals surface area contributed by atoms with E-state index in [1.54, 1.807) is 91.0 Å². The Balaban J connectivity index is 1.65. The third-order valence-electron chi connectivity index (χ3n) is 11.7. The maximum absolute atomic E-state index is 13.7. The maximum atomic E-state index is 13.7. The molecular weight excluding hydrogens is 1030 g/mol. The number of halogens is 9. The Kier molecular flexibility index (Phi) is 14.2. The first kappa shape index (κ1) is 53.3. The summed E-state index contributed by atoms with van der Waals surface area (Å²) < 4.78 is 217. The van der Waals surface area contributed by atoms with E-state index < -0.39 is 85.1 Å². The second-order valence-electron chi connectivity index (χ2n) is 16.7. The summed E-state index contributed by atoms with van der Waals surface area (Å²) >= 11 is 0. The quantitative estimate of drug-likeness (QED) is 0.0505. The predicted octanol–water partition coefficient (Wildman–Crippen LogP) is 8.24. The molecule has 0 saturated carbocycles. The molecule has 12 nitrogen and oxygen atoms in total. The van der Waals surface area contributed by atoms with Gasteiger partial charge in [-0.25, -0.2) is 0 Å². The van der Waals surface area contributed by atoms with E-state index in [4.69, 9.17) is 0 Å². The molecule has 6 aromatic rings. The second-order valence-corrected chi connectivity index (χ2v) is 21.3.